The number of carbonyl (C=O) groups excluding carboxylic acids is 1. The molecule has 0 heterocycles. The van der Waals surface area contributed by atoms with Crippen LogP contribution in [0.15, 0.2) is 0 Å². The Hall–Kier alpha value is -0.570. The van der Waals surface area contributed by atoms with Crippen LogP contribution < -0.4 is 11.1 Å². The lowest BCUT2D eigenvalue weighted by molar-refractivity contribution is -0.123. The summed E-state index contributed by atoms with van der Waals surface area (Å²) in [6.07, 6.45) is 6.04. The molecule has 3 atom stereocenters. The zero-order chi connectivity index (χ0) is 10.6. The largest absolute Gasteiger partial charge is 0.352 e. The van der Waals surface area contributed by atoms with E-state index in [1.54, 1.807) is 6.92 Å². The molecular weight excluding hydrogens is 176 g/mol. The molecule has 1 saturated carbocycles. The Kier molecular flexibility index (Phi) is 4.39. The van der Waals surface area contributed by atoms with Gasteiger partial charge in [0.2, 0.25) is 5.91 Å². The molecule has 2 unspecified atom stereocenters. The molecule has 3 N–H and O–H groups in total. The first-order valence-electron chi connectivity index (χ1n) is 5.69. The fourth-order valence-corrected chi connectivity index (χ4v) is 2.13. The van der Waals surface area contributed by atoms with Crippen LogP contribution in [0.4, 0.5) is 0 Å². The van der Waals surface area contributed by atoms with Gasteiger partial charge in [0.15, 0.2) is 0 Å². The zero-order valence-corrected chi connectivity index (χ0v) is 9.25. The van der Waals surface area contributed by atoms with Crippen LogP contribution >= 0.6 is 0 Å². The van der Waals surface area contributed by atoms with Crippen LogP contribution in [0.2, 0.25) is 0 Å². The lowest BCUT2D eigenvalue weighted by Gasteiger charge is -2.29. The highest BCUT2D eigenvalue weighted by Gasteiger charge is 2.22. The van der Waals surface area contributed by atoms with E-state index in [1.165, 1.54) is 19.3 Å². The van der Waals surface area contributed by atoms with Crippen LogP contribution in [0.25, 0.3) is 0 Å². The first kappa shape index (κ1) is 11.5. The van der Waals surface area contributed by atoms with E-state index in [4.69, 9.17) is 5.73 Å². The smallest absolute Gasteiger partial charge is 0.236 e. The van der Waals surface area contributed by atoms with Gasteiger partial charge in [0, 0.05) is 6.04 Å². The third-order valence-corrected chi connectivity index (χ3v) is 3.12. The summed E-state index contributed by atoms with van der Waals surface area (Å²) < 4.78 is 0. The minimum atomic E-state index is -0.378. The molecule has 3 nitrogen and oxygen atoms in total. The summed E-state index contributed by atoms with van der Waals surface area (Å²) in [6, 6.07) is -0.01000. The van der Waals surface area contributed by atoms with Gasteiger partial charge < -0.3 is 11.1 Å². The maximum atomic E-state index is 11.4. The van der Waals surface area contributed by atoms with E-state index in [2.05, 4.69) is 12.2 Å². The standard InChI is InChI=1S/C11H22N2O/c1-3-9-5-4-6-10(7-9)13-11(14)8(2)12/h8-10H,3-7,12H2,1-2H3,(H,13,14)/t8-,9?,10?/m0/s1. The highest BCUT2D eigenvalue weighted by molar-refractivity contribution is 5.81. The minimum Gasteiger partial charge on any atom is -0.352 e. The molecule has 1 aliphatic carbocycles. The van der Waals surface area contributed by atoms with E-state index in [-0.39, 0.29) is 11.9 Å². The Balaban J connectivity index is 2.34. The van der Waals surface area contributed by atoms with Crippen molar-refractivity contribution in [1.29, 1.82) is 0 Å². The van der Waals surface area contributed by atoms with Crippen molar-refractivity contribution in [3.8, 4) is 0 Å². The Bertz CT molecular complexity index is 192. The lowest BCUT2D eigenvalue weighted by atomic mass is 9.84. The van der Waals surface area contributed by atoms with Gasteiger partial charge in [0.05, 0.1) is 6.04 Å². The maximum absolute atomic E-state index is 11.4. The van der Waals surface area contributed by atoms with Gasteiger partial charge in [-0.15, -0.1) is 0 Å². The Morgan fingerprint density at radius 3 is 2.86 bits per heavy atom. The number of amides is 1. The molecule has 0 aromatic carbocycles. The molecule has 0 saturated heterocycles. The Morgan fingerprint density at radius 1 is 1.57 bits per heavy atom. The second-order valence-corrected chi connectivity index (χ2v) is 4.44. The monoisotopic (exact) mass is 198 g/mol. The number of nitrogens with two attached hydrogens (primary N) is 1. The van der Waals surface area contributed by atoms with Gasteiger partial charge in [0.1, 0.15) is 0 Å². The number of carbonyl (C=O) groups is 1. The number of hydrogen-bond donors (Lipinski definition) is 2. The summed E-state index contributed by atoms with van der Waals surface area (Å²) in [4.78, 5) is 11.4. The van der Waals surface area contributed by atoms with Crippen molar-refractivity contribution in [2.45, 2.75) is 58.0 Å². The number of hydrogen-bond acceptors (Lipinski definition) is 2. The van der Waals surface area contributed by atoms with Crippen molar-refractivity contribution in [2.24, 2.45) is 11.7 Å². The van der Waals surface area contributed by atoms with Gasteiger partial charge in [-0.05, 0) is 25.7 Å². The number of nitrogens with one attached hydrogen (secondary N) is 1. The fraction of sp³-hybridized carbons (Fsp3) is 0.909. The van der Waals surface area contributed by atoms with Crippen molar-refractivity contribution in [1.82, 2.24) is 5.32 Å². The molecule has 1 rings (SSSR count). The fourth-order valence-electron chi connectivity index (χ4n) is 2.13. The molecule has 1 amide bonds. The molecule has 0 spiro atoms. The van der Waals surface area contributed by atoms with Gasteiger partial charge in [-0.2, -0.15) is 0 Å². The molecule has 0 bridgehead atoms. The second-order valence-electron chi connectivity index (χ2n) is 4.44. The highest BCUT2D eigenvalue weighted by Crippen LogP contribution is 2.26. The molecule has 0 aromatic rings. The third-order valence-electron chi connectivity index (χ3n) is 3.12. The summed E-state index contributed by atoms with van der Waals surface area (Å²) in [5.41, 5.74) is 5.51. The molecule has 0 aliphatic heterocycles. The van der Waals surface area contributed by atoms with Crippen molar-refractivity contribution in [3.05, 3.63) is 0 Å². The van der Waals surface area contributed by atoms with Gasteiger partial charge in [-0.25, -0.2) is 0 Å². The van der Waals surface area contributed by atoms with E-state index < -0.39 is 0 Å². The van der Waals surface area contributed by atoms with E-state index in [0.717, 1.165) is 18.8 Å². The van der Waals surface area contributed by atoms with Crippen molar-refractivity contribution >= 4 is 5.91 Å². The van der Waals surface area contributed by atoms with Gasteiger partial charge in [-0.3, -0.25) is 4.79 Å². The summed E-state index contributed by atoms with van der Waals surface area (Å²) in [5, 5.41) is 3.02. The summed E-state index contributed by atoms with van der Waals surface area (Å²) in [5.74, 6) is 0.786. The first-order chi connectivity index (χ1) is 6.63. The molecule has 0 radical (unpaired) electrons. The summed E-state index contributed by atoms with van der Waals surface area (Å²) in [6.45, 7) is 3.95. The zero-order valence-electron chi connectivity index (χ0n) is 9.25. The second kappa shape index (κ2) is 5.35. The van der Waals surface area contributed by atoms with Crippen molar-refractivity contribution in [3.63, 3.8) is 0 Å². The molecule has 14 heavy (non-hydrogen) atoms. The van der Waals surface area contributed by atoms with E-state index in [1.807, 2.05) is 0 Å². The summed E-state index contributed by atoms with van der Waals surface area (Å²) in [7, 11) is 0. The van der Waals surface area contributed by atoms with Gasteiger partial charge >= 0.3 is 0 Å². The van der Waals surface area contributed by atoms with Gasteiger partial charge in [-0.1, -0.05) is 26.2 Å². The average Bonchev–Trinajstić information content (AvgIpc) is 2.18. The molecule has 3 heteroatoms. The minimum absolute atomic E-state index is 0.00764. The van der Waals surface area contributed by atoms with E-state index in [9.17, 15) is 4.79 Å². The topological polar surface area (TPSA) is 55.1 Å². The summed E-state index contributed by atoms with van der Waals surface area (Å²) >= 11 is 0. The van der Waals surface area contributed by atoms with Crippen LogP contribution in [-0.4, -0.2) is 18.0 Å². The van der Waals surface area contributed by atoms with Crippen molar-refractivity contribution in [2.75, 3.05) is 0 Å². The van der Waals surface area contributed by atoms with Crippen LogP contribution in [0, 0.1) is 5.92 Å². The quantitative estimate of drug-likeness (QED) is 0.720. The Morgan fingerprint density at radius 2 is 2.29 bits per heavy atom. The van der Waals surface area contributed by atoms with E-state index in [0.29, 0.717) is 6.04 Å². The third kappa shape index (κ3) is 3.29. The van der Waals surface area contributed by atoms with Crippen LogP contribution in [0.3, 0.4) is 0 Å². The van der Waals surface area contributed by atoms with Crippen LogP contribution in [0.5, 0.6) is 0 Å². The average molecular weight is 198 g/mol. The number of rotatable bonds is 3. The molecule has 82 valence electrons. The maximum Gasteiger partial charge on any atom is 0.236 e. The van der Waals surface area contributed by atoms with Crippen LogP contribution in [0.1, 0.15) is 46.0 Å². The highest BCUT2D eigenvalue weighted by atomic mass is 16.2. The van der Waals surface area contributed by atoms with Crippen LogP contribution in [-0.2, 0) is 4.79 Å². The lowest BCUT2D eigenvalue weighted by Crippen LogP contribution is -2.45. The SMILES string of the molecule is CCC1CCCC(NC(=O)[C@H](C)N)C1. The van der Waals surface area contributed by atoms with E-state index >= 15 is 0 Å². The molecular formula is C11H22N2O. The predicted molar refractivity (Wildman–Crippen MR) is 57.8 cm³/mol. The Labute approximate surface area is 86.4 Å². The molecule has 1 aliphatic rings. The predicted octanol–water partition coefficient (Wildman–Crippen LogP) is 1.42. The normalized spacial score (nSPS) is 29.6. The van der Waals surface area contributed by atoms with Gasteiger partial charge in [0.25, 0.3) is 0 Å². The molecule has 0 aromatic heterocycles. The first-order valence-corrected chi connectivity index (χ1v) is 5.69. The molecule has 1 fully saturated rings. The van der Waals surface area contributed by atoms with Crippen molar-refractivity contribution < 1.29 is 4.79 Å².